The summed E-state index contributed by atoms with van der Waals surface area (Å²) in [6, 6.07) is 15.4. The average molecular weight is 444 g/mol. The van der Waals surface area contributed by atoms with E-state index < -0.39 is 0 Å². The van der Waals surface area contributed by atoms with Gasteiger partial charge in [-0.15, -0.1) is 0 Å². The first-order valence-electron chi connectivity index (χ1n) is 9.98. The lowest BCUT2D eigenvalue weighted by Gasteiger charge is -2.08. The van der Waals surface area contributed by atoms with Crippen LogP contribution in [0.25, 0.3) is 5.69 Å². The molecule has 0 atom stereocenters. The van der Waals surface area contributed by atoms with Gasteiger partial charge in [-0.2, -0.15) is 5.10 Å². The first-order chi connectivity index (χ1) is 14.5. The molecule has 0 radical (unpaired) electrons. The number of nitrogens with one attached hydrogen (secondary N) is 1. The lowest BCUT2D eigenvalue weighted by atomic mass is 10.2. The second kappa shape index (κ2) is 9.11. The first-order valence-corrected chi connectivity index (χ1v) is 10.7. The number of methoxy groups -OCH3 is 1. The highest BCUT2D eigenvalue weighted by atomic mass is 35.5. The summed E-state index contributed by atoms with van der Waals surface area (Å²) in [6.45, 7) is 0.353. The third kappa shape index (κ3) is 4.79. The summed E-state index contributed by atoms with van der Waals surface area (Å²) in [7, 11) is 1.65. The molecule has 1 N–H and O–H groups in total. The minimum absolute atomic E-state index is 0.0435. The van der Waals surface area contributed by atoms with Gasteiger partial charge in [-0.25, -0.2) is 4.68 Å². The molecule has 156 valence electrons. The van der Waals surface area contributed by atoms with E-state index in [4.69, 9.17) is 33.0 Å². The Kier molecular flexibility index (Phi) is 6.30. The zero-order valence-electron chi connectivity index (χ0n) is 16.7. The fourth-order valence-electron chi connectivity index (χ4n) is 3.38. The third-order valence-corrected chi connectivity index (χ3v) is 6.07. The highest BCUT2D eigenvalue weighted by molar-refractivity contribution is 6.42. The van der Waals surface area contributed by atoms with Gasteiger partial charge in [0.15, 0.2) is 0 Å². The van der Waals surface area contributed by atoms with E-state index >= 15 is 0 Å². The summed E-state index contributed by atoms with van der Waals surface area (Å²) in [4.78, 5) is 12.3. The molecule has 1 aliphatic rings. The molecule has 4 rings (SSSR count). The van der Waals surface area contributed by atoms with E-state index in [1.807, 2.05) is 41.1 Å². The van der Waals surface area contributed by atoms with E-state index in [-0.39, 0.29) is 5.91 Å². The largest absolute Gasteiger partial charge is 0.497 e. The zero-order valence-corrected chi connectivity index (χ0v) is 18.2. The maximum absolute atomic E-state index is 12.3. The summed E-state index contributed by atoms with van der Waals surface area (Å²) in [5.41, 5.74) is 3.94. The van der Waals surface area contributed by atoms with Crippen LogP contribution in [0.2, 0.25) is 10.0 Å². The molecular formula is C23H23Cl2N3O2. The maximum atomic E-state index is 12.3. The van der Waals surface area contributed by atoms with E-state index in [9.17, 15) is 4.79 Å². The van der Waals surface area contributed by atoms with Crippen LogP contribution < -0.4 is 10.1 Å². The second-order valence-corrected chi connectivity index (χ2v) is 8.22. The summed E-state index contributed by atoms with van der Waals surface area (Å²) >= 11 is 12.2. The topological polar surface area (TPSA) is 56.2 Å². The van der Waals surface area contributed by atoms with E-state index in [2.05, 4.69) is 11.4 Å². The smallest absolute Gasteiger partial charge is 0.220 e. The van der Waals surface area contributed by atoms with E-state index in [0.29, 0.717) is 35.3 Å². The quantitative estimate of drug-likeness (QED) is 0.512. The number of halogens is 2. The van der Waals surface area contributed by atoms with E-state index in [1.165, 1.54) is 18.5 Å². The Balaban J connectivity index is 1.39. The van der Waals surface area contributed by atoms with Crippen molar-refractivity contribution in [2.45, 2.75) is 38.1 Å². The van der Waals surface area contributed by atoms with Crippen molar-refractivity contribution in [3.05, 3.63) is 75.5 Å². The molecule has 3 aromatic rings. The number of rotatable bonds is 8. The molecule has 1 fully saturated rings. The van der Waals surface area contributed by atoms with Crippen LogP contribution in [0.15, 0.2) is 48.5 Å². The third-order valence-electron chi connectivity index (χ3n) is 5.22. The zero-order chi connectivity index (χ0) is 21.1. The number of aryl methyl sites for hydroxylation is 1. The lowest BCUT2D eigenvalue weighted by Crippen LogP contribution is -2.23. The van der Waals surface area contributed by atoms with Crippen molar-refractivity contribution < 1.29 is 9.53 Å². The van der Waals surface area contributed by atoms with Crippen molar-refractivity contribution in [2.24, 2.45) is 0 Å². The SMILES string of the molecule is COc1ccc(-n2nc(CCC(=O)NCc3cccc(Cl)c3Cl)cc2C2CC2)cc1. The minimum Gasteiger partial charge on any atom is -0.497 e. The van der Waals surface area contributed by atoms with E-state index in [1.54, 1.807) is 13.2 Å². The number of hydrogen-bond acceptors (Lipinski definition) is 3. The number of carbonyl (C=O) groups is 1. The Hall–Kier alpha value is -2.50. The number of hydrogen-bond donors (Lipinski definition) is 1. The van der Waals surface area contributed by atoms with Crippen LogP contribution >= 0.6 is 23.2 Å². The van der Waals surface area contributed by atoms with Crippen LogP contribution in [0.1, 0.15) is 42.1 Å². The molecule has 5 nitrogen and oxygen atoms in total. The van der Waals surface area contributed by atoms with Crippen molar-refractivity contribution in [2.75, 3.05) is 7.11 Å². The van der Waals surface area contributed by atoms with Crippen molar-refractivity contribution in [1.29, 1.82) is 0 Å². The van der Waals surface area contributed by atoms with Crippen LogP contribution in [0.5, 0.6) is 5.75 Å². The van der Waals surface area contributed by atoms with Crippen LogP contribution in [0, 0.1) is 0 Å². The van der Waals surface area contributed by atoms with Crippen LogP contribution in [-0.4, -0.2) is 22.8 Å². The first kappa shape index (κ1) is 20.8. The number of amides is 1. The molecule has 1 aliphatic carbocycles. The number of benzene rings is 2. The molecule has 7 heteroatoms. The molecular weight excluding hydrogens is 421 g/mol. The van der Waals surface area contributed by atoms with Crippen LogP contribution in [0.4, 0.5) is 0 Å². The van der Waals surface area contributed by atoms with Crippen molar-refractivity contribution in [3.63, 3.8) is 0 Å². The predicted molar refractivity (Wildman–Crippen MR) is 119 cm³/mol. The molecule has 0 saturated heterocycles. The Morgan fingerprint density at radius 1 is 1.20 bits per heavy atom. The van der Waals surface area contributed by atoms with Gasteiger partial charge in [0.05, 0.1) is 28.5 Å². The van der Waals surface area contributed by atoms with Gasteiger partial charge in [-0.3, -0.25) is 4.79 Å². The maximum Gasteiger partial charge on any atom is 0.220 e. The van der Waals surface area contributed by atoms with Gasteiger partial charge in [0.2, 0.25) is 5.91 Å². The fraction of sp³-hybridized carbons (Fsp3) is 0.304. The van der Waals surface area contributed by atoms with Crippen molar-refractivity contribution in [1.82, 2.24) is 15.1 Å². The minimum atomic E-state index is -0.0435. The molecule has 0 unspecified atom stereocenters. The molecule has 2 aromatic carbocycles. The average Bonchev–Trinajstić information content (AvgIpc) is 3.52. The predicted octanol–water partition coefficient (Wildman–Crippen LogP) is 5.31. The summed E-state index contributed by atoms with van der Waals surface area (Å²) in [6.07, 6.45) is 3.31. The number of aromatic nitrogens is 2. The molecule has 0 aliphatic heterocycles. The molecule has 1 saturated carbocycles. The Bertz CT molecular complexity index is 1040. The number of ether oxygens (including phenoxy) is 1. The van der Waals surface area contributed by atoms with Gasteiger partial charge in [0.25, 0.3) is 0 Å². The van der Waals surface area contributed by atoms with Crippen molar-refractivity contribution in [3.8, 4) is 11.4 Å². The highest BCUT2D eigenvalue weighted by Gasteiger charge is 2.28. The Morgan fingerprint density at radius 2 is 1.97 bits per heavy atom. The van der Waals surface area contributed by atoms with Crippen LogP contribution in [0.3, 0.4) is 0 Å². The Morgan fingerprint density at radius 3 is 2.67 bits per heavy atom. The fourth-order valence-corrected chi connectivity index (χ4v) is 3.76. The van der Waals surface area contributed by atoms with Crippen molar-refractivity contribution >= 4 is 29.1 Å². The number of nitrogens with zero attached hydrogens (tertiary/aromatic N) is 2. The normalized spacial score (nSPS) is 13.3. The monoisotopic (exact) mass is 443 g/mol. The molecule has 1 aromatic heterocycles. The summed E-state index contributed by atoms with van der Waals surface area (Å²) in [5, 5.41) is 8.64. The summed E-state index contributed by atoms with van der Waals surface area (Å²) < 4.78 is 7.24. The number of carbonyl (C=O) groups excluding carboxylic acids is 1. The van der Waals surface area contributed by atoms with Gasteiger partial charge in [0.1, 0.15) is 5.75 Å². The molecule has 0 bridgehead atoms. The van der Waals surface area contributed by atoms with Gasteiger partial charge in [0, 0.05) is 31.0 Å². The Labute approximate surface area is 185 Å². The molecule has 0 spiro atoms. The van der Waals surface area contributed by atoms with Gasteiger partial charge >= 0.3 is 0 Å². The summed E-state index contributed by atoms with van der Waals surface area (Å²) in [5.74, 6) is 1.32. The lowest BCUT2D eigenvalue weighted by molar-refractivity contribution is -0.121. The molecule has 1 amide bonds. The molecule has 1 heterocycles. The standard InChI is InChI=1S/C23H23Cl2N3O2/c1-30-19-10-8-18(9-11-19)28-21(15-5-6-15)13-17(27-28)7-12-22(29)26-14-16-3-2-4-20(24)23(16)25/h2-4,8-11,13,15H,5-7,12,14H2,1H3,(H,26,29). The van der Waals surface area contributed by atoms with Gasteiger partial charge in [-0.05, 0) is 54.8 Å². The van der Waals surface area contributed by atoms with E-state index in [0.717, 1.165) is 22.7 Å². The van der Waals surface area contributed by atoms with Crippen LogP contribution in [-0.2, 0) is 17.8 Å². The van der Waals surface area contributed by atoms with Gasteiger partial charge in [-0.1, -0.05) is 35.3 Å². The van der Waals surface area contributed by atoms with Gasteiger partial charge < -0.3 is 10.1 Å². The second-order valence-electron chi connectivity index (χ2n) is 7.43. The molecule has 30 heavy (non-hydrogen) atoms. The highest BCUT2D eigenvalue weighted by Crippen LogP contribution is 2.41.